The molecule has 0 saturated carbocycles. The molecule has 0 aromatic heterocycles. The fraction of sp³-hybridized carbons (Fsp3) is 0.611. The molecule has 1 fully saturated rings. The van der Waals surface area contributed by atoms with Crippen molar-refractivity contribution in [3.63, 3.8) is 0 Å². The Hall–Kier alpha value is -1.06. The molecule has 124 valence electrons. The molecule has 1 unspecified atom stereocenters. The Kier molecular flexibility index (Phi) is 9.17. The second-order valence-corrected chi connectivity index (χ2v) is 6.05. The molecule has 0 bridgehead atoms. The maximum absolute atomic E-state index is 12.0. The molecular weight excluding hydrogens is 296 g/mol. The minimum Gasteiger partial charge on any atom is -0.355 e. The zero-order valence-corrected chi connectivity index (χ0v) is 14.3. The molecule has 1 heterocycles. The van der Waals surface area contributed by atoms with Crippen LogP contribution in [0.2, 0.25) is 0 Å². The smallest absolute Gasteiger partial charge is 0.220 e. The van der Waals surface area contributed by atoms with Crippen molar-refractivity contribution in [2.45, 2.75) is 44.9 Å². The standard InChI is InChI=1S/C18H28N2O.ClH/c1-2-16(17-6-4-3-5-7-17)14-20-18(21)9-8-15-10-12-19-13-11-15;/h3-7,15-16,19H,2,8-14H2,1H3,(H,20,21);1H. The SMILES string of the molecule is CCC(CNC(=O)CCC1CCNCC1)c1ccccc1.Cl. The zero-order chi connectivity index (χ0) is 14.9. The van der Waals surface area contributed by atoms with Gasteiger partial charge in [-0.3, -0.25) is 4.79 Å². The van der Waals surface area contributed by atoms with Crippen molar-refractivity contribution >= 4 is 18.3 Å². The van der Waals surface area contributed by atoms with Crippen molar-refractivity contribution < 1.29 is 4.79 Å². The molecule has 1 aromatic carbocycles. The van der Waals surface area contributed by atoms with Gasteiger partial charge >= 0.3 is 0 Å². The number of hydrogen-bond donors (Lipinski definition) is 2. The van der Waals surface area contributed by atoms with Gasteiger partial charge in [0, 0.05) is 18.9 Å². The number of carbonyl (C=O) groups is 1. The minimum atomic E-state index is 0. The molecular formula is C18H29ClN2O. The largest absolute Gasteiger partial charge is 0.355 e. The van der Waals surface area contributed by atoms with E-state index in [4.69, 9.17) is 0 Å². The molecule has 0 radical (unpaired) electrons. The van der Waals surface area contributed by atoms with Gasteiger partial charge in [-0.2, -0.15) is 0 Å². The molecule has 22 heavy (non-hydrogen) atoms. The first-order valence-corrected chi connectivity index (χ1v) is 8.32. The van der Waals surface area contributed by atoms with Crippen LogP contribution in [0.5, 0.6) is 0 Å². The lowest BCUT2D eigenvalue weighted by Gasteiger charge is -2.22. The van der Waals surface area contributed by atoms with Crippen LogP contribution in [0.1, 0.15) is 50.5 Å². The van der Waals surface area contributed by atoms with E-state index in [0.717, 1.165) is 38.4 Å². The molecule has 1 saturated heterocycles. The Morgan fingerprint density at radius 1 is 1.27 bits per heavy atom. The lowest BCUT2D eigenvalue weighted by molar-refractivity contribution is -0.121. The van der Waals surface area contributed by atoms with Gasteiger partial charge in [-0.05, 0) is 50.3 Å². The van der Waals surface area contributed by atoms with Crippen LogP contribution < -0.4 is 10.6 Å². The third-order valence-corrected chi connectivity index (χ3v) is 4.55. The maximum Gasteiger partial charge on any atom is 0.220 e. The number of rotatable bonds is 7. The predicted molar refractivity (Wildman–Crippen MR) is 94.6 cm³/mol. The fourth-order valence-electron chi connectivity index (χ4n) is 3.05. The summed E-state index contributed by atoms with van der Waals surface area (Å²) < 4.78 is 0. The molecule has 1 amide bonds. The fourth-order valence-corrected chi connectivity index (χ4v) is 3.05. The van der Waals surface area contributed by atoms with Gasteiger partial charge in [0.1, 0.15) is 0 Å². The number of halogens is 1. The van der Waals surface area contributed by atoms with Gasteiger partial charge in [-0.1, -0.05) is 37.3 Å². The Balaban J connectivity index is 0.00000242. The highest BCUT2D eigenvalue weighted by Gasteiger charge is 2.15. The maximum atomic E-state index is 12.0. The van der Waals surface area contributed by atoms with E-state index in [1.807, 2.05) is 6.07 Å². The van der Waals surface area contributed by atoms with Gasteiger partial charge in [0.25, 0.3) is 0 Å². The van der Waals surface area contributed by atoms with E-state index in [9.17, 15) is 4.79 Å². The van der Waals surface area contributed by atoms with Crippen LogP contribution in [-0.2, 0) is 4.79 Å². The van der Waals surface area contributed by atoms with Crippen LogP contribution in [0.3, 0.4) is 0 Å². The lowest BCUT2D eigenvalue weighted by Crippen LogP contribution is -2.31. The van der Waals surface area contributed by atoms with Crippen molar-refractivity contribution in [3.05, 3.63) is 35.9 Å². The van der Waals surface area contributed by atoms with Crippen LogP contribution in [0.4, 0.5) is 0 Å². The Bertz CT molecular complexity index is 418. The van der Waals surface area contributed by atoms with E-state index in [1.54, 1.807) is 0 Å². The Morgan fingerprint density at radius 3 is 2.59 bits per heavy atom. The average Bonchev–Trinajstić information content (AvgIpc) is 2.55. The summed E-state index contributed by atoms with van der Waals surface area (Å²) in [5.74, 6) is 1.37. The molecule has 1 atom stereocenters. The minimum absolute atomic E-state index is 0. The molecule has 2 N–H and O–H groups in total. The first kappa shape index (κ1) is 19.0. The first-order chi connectivity index (χ1) is 10.3. The van der Waals surface area contributed by atoms with Gasteiger partial charge < -0.3 is 10.6 Å². The van der Waals surface area contributed by atoms with Gasteiger partial charge in [0.15, 0.2) is 0 Å². The van der Waals surface area contributed by atoms with E-state index in [1.165, 1.54) is 18.4 Å². The zero-order valence-electron chi connectivity index (χ0n) is 13.5. The van der Waals surface area contributed by atoms with Gasteiger partial charge in [-0.25, -0.2) is 0 Å². The molecule has 2 rings (SSSR count). The third kappa shape index (κ3) is 6.37. The van der Waals surface area contributed by atoms with Crippen molar-refractivity contribution in [2.24, 2.45) is 5.92 Å². The molecule has 4 heteroatoms. The van der Waals surface area contributed by atoms with E-state index in [-0.39, 0.29) is 18.3 Å². The normalized spacial score (nSPS) is 16.6. The molecule has 3 nitrogen and oxygen atoms in total. The summed E-state index contributed by atoms with van der Waals surface area (Å²) in [7, 11) is 0. The molecule has 1 aliphatic rings. The number of benzene rings is 1. The molecule has 1 aromatic rings. The van der Waals surface area contributed by atoms with E-state index in [0.29, 0.717) is 12.3 Å². The van der Waals surface area contributed by atoms with Crippen LogP contribution in [0.15, 0.2) is 30.3 Å². The average molecular weight is 325 g/mol. The lowest BCUT2D eigenvalue weighted by atomic mass is 9.93. The summed E-state index contributed by atoms with van der Waals surface area (Å²) in [6.45, 7) is 5.15. The second kappa shape index (κ2) is 10.6. The number of amides is 1. The van der Waals surface area contributed by atoms with E-state index < -0.39 is 0 Å². The third-order valence-electron chi connectivity index (χ3n) is 4.55. The highest BCUT2D eigenvalue weighted by atomic mass is 35.5. The Labute approximate surface area is 140 Å². The highest BCUT2D eigenvalue weighted by Crippen LogP contribution is 2.19. The number of hydrogen-bond acceptors (Lipinski definition) is 2. The molecule has 0 spiro atoms. The molecule has 1 aliphatic heterocycles. The predicted octanol–water partition coefficient (Wildman–Crippen LogP) is 3.50. The molecule has 0 aliphatic carbocycles. The summed E-state index contributed by atoms with van der Waals surface area (Å²) >= 11 is 0. The van der Waals surface area contributed by atoms with Crippen molar-refractivity contribution in [1.82, 2.24) is 10.6 Å². The van der Waals surface area contributed by atoms with Crippen molar-refractivity contribution in [1.29, 1.82) is 0 Å². The Morgan fingerprint density at radius 2 is 1.95 bits per heavy atom. The quantitative estimate of drug-likeness (QED) is 0.806. The van der Waals surface area contributed by atoms with E-state index >= 15 is 0 Å². The highest BCUT2D eigenvalue weighted by molar-refractivity contribution is 5.85. The van der Waals surface area contributed by atoms with E-state index in [2.05, 4.69) is 41.8 Å². The van der Waals surface area contributed by atoms with Crippen LogP contribution >= 0.6 is 12.4 Å². The van der Waals surface area contributed by atoms with Crippen LogP contribution in [0.25, 0.3) is 0 Å². The summed E-state index contributed by atoms with van der Waals surface area (Å²) in [6.07, 6.45) is 5.20. The summed E-state index contributed by atoms with van der Waals surface area (Å²) in [4.78, 5) is 12.0. The summed E-state index contributed by atoms with van der Waals surface area (Å²) in [5, 5.41) is 6.48. The summed E-state index contributed by atoms with van der Waals surface area (Å²) in [6, 6.07) is 10.5. The first-order valence-electron chi connectivity index (χ1n) is 8.32. The van der Waals surface area contributed by atoms with Gasteiger partial charge in [-0.15, -0.1) is 12.4 Å². The van der Waals surface area contributed by atoms with Crippen molar-refractivity contribution in [2.75, 3.05) is 19.6 Å². The number of piperidine rings is 1. The topological polar surface area (TPSA) is 41.1 Å². The number of carbonyl (C=O) groups excluding carboxylic acids is 1. The van der Waals surface area contributed by atoms with Gasteiger partial charge in [0.2, 0.25) is 5.91 Å². The van der Waals surface area contributed by atoms with Gasteiger partial charge in [0.05, 0.1) is 0 Å². The second-order valence-electron chi connectivity index (χ2n) is 6.05. The monoisotopic (exact) mass is 324 g/mol. The van der Waals surface area contributed by atoms with Crippen LogP contribution in [-0.4, -0.2) is 25.5 Å². The van der Waals surface area contributed by atoms with Crippen LogP contribution in [0, 0.1) is 5.92 Å². The number of nitrogens with one attached hydrogen (secondary N) is 2. The summed E-state index contributed by atoms with van der Waals surface area (Å²) in [5.41, 5.74) is 1.32. The van der Waals surface area contributed by atoms with Crippen molar-refractivity contribution in [3.8, 4) is 0 Å².